The molecule has 26 heavy (non-hydrogen) atoms. The Bertz CT molecular complexity index is 731. The van der Waals surface area contributed by atoms with Crippen molar-refractivity contribution < 1.29 is 4.79 Å². The number of amides is 1. The quantitative estimate of drug-likeness (QED) is 0.586. The Hall–Kier alpha value is -2.83. The zero-order valence-electron chi connectivity index (χ0n) is 16.0. The smallest absolute Gasteiger partial charge is 0.253 e. The molecule has 1 aromatic heterocycles. The lowest BCUT2D eigenvalue weighted by atomic mass is 10.1. The molecule has 1 aromatic carbocycles. The molecule has 0 fully saturated rings. The van der Waals surface area contributed by atoms with Crippen LogP contribution in [0, 0.1) is 0 Å². The summed E-state index contributed by atoms with van der Waals surface area (Å²) in [5, 5.41) is 10.7. The molecule has 0 unspecified atom stereocenters. The Morgan fingerprint density at radius 3 is 2.31 bits per heavy atom. The van der Waals surface area contributed by atoms with E-state index in [1.165, 1.54) is 0 Å². The van der Waals surface area contributed by atoms with E-state index in [0.29, 0.717) is 13.1 Å². The normalized spacial score (nSPS) is 11.3. The highest BCUT2D eigenvalue weighted by molar-refractivity contribution is 5.94. The van der Waals surface area contributed by atoms with Crippen LogP contribution in [-0.4, -0.2) is 46.7 Å². The van der Waals surface area contributed by atoms with Crippen molar-refractivity contribution >= 4 is 11.9 Å². The maximum Gasteiger partial charge on any atom is 0.253 e. The third-order valence-electron chi connectivity index (χ3n) is 4.29. The maximum atomic E-state index is 12.3. The molecule has 2 aromatic rings. The maximum absolute atomic E-state index is 12.3. The number of carbonyl (C=O) groups is 1. The summed E-state index contributed by atoms with van der Waals surface area (Å²) in [5.41, 5.74) is 2.88. The Balaban J connectivity index is 1.88. The number of hydrogen-bond donors (Lipinski definition) is 2. The molecule has 0 aliphatic carbocycles. The van der Waals surface area contributed by atoms with E-state index in [9.17, 15) is 4.79 Å². The van der Waals surface area contributed by atoms with Gasteiger partial charge in [0.1, 0.15) is 0 Å². The molecule has 2 N–H and O–H groups in total. The number of guanidine groups is 1. The van der Waals surface area contributed by atoms with Crippen LogP contribution in [0.3, 0.4) is 0 Å². The first-order valence-corrected chi connectivity index (χ1v) is 8.88. The van der Waals surface area contributed by atoms with Gasteiger partial charge in [-0.1, -0.05) is 12.1 Å². The first-order valence-electron chi connectivity index (χ1n) is 8.88. The Morgan fingerprint density at radius 1 is 1.12 bits per heavy atom. The molecule has 0 bridgehead atoms. The average Bonchev–Trinajstić information content (AvgIpc) is 3.08. The van der Waals surface area contributed by atoms with Crippen LogP contribution in [0.4, 0.5) is 0 Å². The van der Waals surface area contributed by atoms with Gasteiger partial charge in [-0.05, 0) is 37.6 Å². The molecule has 1 amide bonds. The predicted octanol–water partition coefficient (Wildman–Crippen LogP) is 1.77. The zero-order chi connectivity index (χ0) is 18.9. The summed E-state index contributed by atoms with van der Waals surface area (Å²) in [6.07, 6.45) is 1.77. The fourth-order valence-corrected chi connectivity index (χ4v) is 2.61. The van der Waals surface area contributed by atoms with Crippen molar-refractivity contribution in [1.29, 1.82) is 0 Å². The van der Waals surface area contributed by atoms with Gasteiger partial charge in [0.25, 0.3) is 5.91 Å². The summed E-state index contributed by atoms with van der Waals surface area (Å²) >= 11 is 0. The van der Waals surface area contributed by atoms with Crippen molar-refractivity contribution in [2.24, 2.45) is 12.0 Å². The number of carbonyl (C=O) groups excluding carboxylic acids is 1. The third-order valence-corrected chi connectivity index (χ3v) is 4.29. The van der Waals surface area contributed by atoms with Crippen LogP contribution in [0.15, 0.2) is 41.5 Å². The molecule has 0 saturated heterocycles. The summed E-state index contributed by atoms with van der Waals surface area (Å²) in [6, 6.07) is 9.66. The van der Waals surface area contributed by atoms with Gasteiger partial charge in [0.05, 0.1) is 12.2 Å². The topological polar surface area (TPSA) is 74.6 Å². The second-order valence-electron chi connectivity index (χ2n) is 5.90. The second kappa shape index (κ2) is 9.60. The van der Waals surface area contributed by atoms with E-state index in [-0.39, 0.29) is 5.91 Å². The molecule has 0 aliphatic heterocycles. The molecule has 0 atom stereocenters. The van der Waals surface area contributed by atoms with Crippen molar-refractivity contribution in [2.45, 2.75) is 26.9 Å². The summed E-state index contributed by atoms with van der Waals surface area (Å²) in [5.74, 6) is 0.789. The van der Waals surface area contributed by atoms with E-state index in [4.69, 9.17) is 0 Å². The average molecular weight is 356 g/mol. The number of nitrogens with one attached hydrogen (secondary N) is 2. The predicted molar refractivity (Wildman–Crippen MR) is 104 cm³/mol. The molecule has 7 heteroatoms. The van der Waals surface area contributed by atoms with Crippen LogP contribution in [-0.2, 0) is 20.1 Å². The number of hydrogen-bond acceptors (Lipinski definition) is 3. The van der Waals surface area contributed by atoms with E-state index >= 15 is 0 Å². The molecule has 0 spiro atoms. The van der Waals surface area contributed by atoms with Gasteiger partial charge < -0.3 is 15.5 Å². The van der Waals surface area contributed by atoms with Crippen LogP contribution in [0.2, 0.25) is 0 Å². The summed E-state index contributed by atoms with van der Waals surface area (Å²) < 4.78 is 1.83. The molecule has 0 radical (unpaired) electrons. The first kappa shape index (κ1) is 19.5. The van der Waals surface area contributed by atoms with E-state index < -0.39 is 0 Å². The van der Waals surface area contributed by atoms with Crippen molar-refractivity contribution in [3.63, 3.8) is 0 Å². The zero-order valence-corrected chi connectivity index (χ0v) is 16.0. The number of aromatic nitrogens is 2. The lowest BCUT2D eigenvalue weighted by Gasteiger charge is -2.18. The standard InChI is InChI=1S/C19H28N6O/c1-5-25(6-2)18(26)16-9-7-15(8-10-16)13-21-19(20-3)22-14-17-11-12-23-24(17)4/h7-12H,5-6,13-14H2,1-4H3,(H2,20,21,22). The van der Waals surface area contributed by atoms with Gasteiger partial charge in [0, 0.05) is 45.5 Å². The van der Waals surface area contributed by atoms with Crippen molar-refractivity contribution in [3.05, 3.63) is 53.3 Å². The van der Waals surface area contributed by atoms with Gasteiger partial charge in [0.2, 0.25) is 0 Å². The minimum absolute atomic E-state index is 0.0724. The highest BCUT2D eigenvalue weighted by Crippen LogP contribution is 2.08. The Labute approximate surface area is 155 Å². The monoisotopic (exact) mass is 356 g/mol. The van der Waals surface area contributed by atoms with Gasteiger partial charge in [-0.15, -0.1) is 0 Å². The number of benzene rings is 1. The molecule has 0 aliphatic rings. The first-order chi connectivity index (χ1) is 12.6. The SMILES string of the molecule is CCN(CC)C(=O)c1ccc(CNC(=NC)NCc2ccnn2C)cc1. The summed E-state index contributed by atoms with van der Waals surface area (Å²) in [4.78, 5) is 18.4. The molecule has 140 valence electrons. The molecule has 0 saturated carbocycles. The van der Waals surface area contributed by atoms with E-state index in [2.05, 4.69) is 20.7 Å². The highest BCUT2D eigenvalue weighted by atomic mass is 16.2. The van der Waals surface area contributed by atoms with Crippen molar-refractivity contribution in [2.75, 3.05) is 20.1 Å². The highest BCUT2D eigenvalue weighted by Gasteiger charge is 2.11. The molecular weight excluding hydrogens is 328 g/mol. The number of nitrogens with zero attached hydrogens (tertiary/aromatic N) is 4. The summed E-state index contributed by atoms with van der Waals surface area (Å²) in [7, 11) is 3.65. The van der Waals surface area contributed by atoms with Crippen LogP contribution in [0.1, 0.15) is 35.5 Å². The minimum Gasteiger partial charge on any atom is -0.352 e. The second-order valence-corrected chi connectivity index (χ2v) is 5.90. The van der Waals surface area contributed by atoms with Crippen LogP contribution in [0.5, 0.6) is 0 Å². The third kappa shape index (κ3) is 5.08. The van der Waals surface area contributed by atoms with Gasteiger partial charge in [-0.3, -0.25) is 14.5 Å². The van der Waals surface area contributed by atoms with E-state index in [1.807, 2.05) is 60.8 Å². The van der Waals surface area contributed by atoms with Gasteiger partial charge in [-0.2, -0.15) is 5.10 Å². The van der Waals surface area contributed by atoms with Gasteiger partial charge in [0.15, 0.2) is 5.96 Å². The van der Waals surface area contributed by atoms with Crippen molar-refractivity contribution in [1.82, 2.24) is 25.3 Å². The van der Waals surface area contributed by atoms with Gasteiger partial charge in [-0.25, -0.2) is 0 Å². The Morgan fingerprint density at radius 2 is 1.77 bits per heavy atom. The number of aliphatic imine (C=N–C) groups is 1. The molecule has 7 nitrogen and oxygen atoms in total. The lowest BCUT2D eigenvalue weighted by Crippen LogP contribution is -2.36. The Kier molecular flexibility index (Phi) is 7.20. The molecule has 2 rings (SSSR count). The van der Waals surface area contributed by atoms with Crippen LogP contribution in [0.25, 0.3) is 0 Å². The minimum atomic E-state index is 0.0724. The number of aryl methyl sites for hydroxylation is 1. The summed E-state index contributed by atoms with van der Waals surface area (Å²) in [6.45, 7) is 6.69. The molecule has 1 heterocycles. The lowest BCUT2D eigenvalue weighted by molar-refractivity contribution is 0.0773. The van der Waals surface area contributed by atoms with Crippen molar-refractivity contribution in [3.8, 4) is 0 Å². The largest absolute Gasteiger partial charge is 0.352 e. The van der Waals surface area contributed by atoms with Crippen LogP contribution < -0.4 is 10.6 Å². The number of rotatable bonds is 7. The fourth-order valence-electron chi connectivity index (χ4n) is 2.61. The van der Waals surface area contributed by atoms with Crippen LogP contribution >= 0.6 is 0 Å². The van der Waals surface area contributed by atoms with Gasteiger partial charge >= 0.3 is 0 Å². The molecular formula is C19H28N6O. The van der Waals surface area contributed by atoms with E-state index in [0.717, 1.165) is 35.9 Å². The fraction of sp³-hybridized carbons (Fsp3) is 0.421. The van der Waals surface area contributed by atoms with E-state index in [1.54, 1.807) is 13.2 Å².